The normalized spacial score (nSPS) is 31.6. The van der Waals surface area contributed by atoms with E-state index in [2.05, 4.69) is 11.8 Å². The summed E-state index contributed by atoms with van der Waals surface area (Å²) in [7, 11) is 0. The van der Waals surface area contributed by atoms with Crippen molar-refractivity contribution in [3.8, 4) is 0 Å². The van der Waals surface area contributed by atoms with Crippen LogP contribution in [0.1, 0.15) is 39.5 Å². The molecule has 0 aromatic heterocycles. The number of rotatable bonds is 5. The van der Waals surface area contributed by atoms with Crippen LogP contribution in [0.2, 0.25) is 0 Å². The summed E-state index contributed by atoms with van der Waals surface area (Å²) in [5.41, 5.74) is 12.0. The maximum absolute atomic E-state index is 12.8. The number of nitrogens with zero attached hydrogens (tertiary/aromatic N) is 2. The molecule has 0 bridgehead atoms. The predicted octanol–water partition coefficient (Wildman–Crippen LogP) is -0.295. The Bertz CT molecular complexity index is 401. The van der Waals surface area contributed by atoms with Crippen molar-refractivity contribution in [2.75, 3.05) is 19.6 Å². The SMILES string of the molecule is CC[C@H](N)CN1CCC[C@@H]1C(=O)N1C[C@@H](N)C[C@H]1C(C)=O. The van der Waals surface area contributed by atoms with Crippen molar-refractivity contribution in [1.82, 2.24) is 9.80 Å². The Morgan fingerprint density at radius 2 is 2.05 bits per heavy atom. The third-order valence-electron chi connectivity index (χ3n) is 4.73. The fraction of sp³-hybridized carbons (Fsp3) is 0.867. The van der Waals surface area contributed by atoms with Gasteiger partial charge in [-0.3, -0.25) is 14.5 Å². The molecule has 0 radical (unpaired) electrons. The standard InChI is InChI=1S/C15H28N4O2/c1-3-11(16)8-18-6-4-5-13(18)15(21)19-9-12(17)7-14(19)10(2)20/h11-14H,3-9,16-17H2,1-2H3/t11-,12-,13+,14-/m0/s1. The zero-order chi connectivity index (χ0) is 15.6. The van der Waals surface area contributed by atoms with E-state index in [1.165, 1.54) is 0 Å². The van der Waals surface area contributed by atoms with Crippen LogP contribution < -0.4 is 11.5 Å². The second-order valence-electron chi connectivity index (χ2n) is 6.43. The number of hydrogen-bond donors (Lipinski definition) is 2. The summed E-state index contributed by atoms with van der Waals surface area (Å²) < 4.78 is 0. The quantitative estimate of drug-likeness (QED) is 0.727. The molecule has 4 atom stereocenters. The molecule has 0 spiro atoms. The Kier molecular flexibility index (Phi) is 5.35. The minimum absolute atomic E-state index is 0.0334. The maximum Gasteiger partial charge on any atom is 0.240 e. The zero-order valence-corrected chi connectivity index (χ0v) is 13.1. The van der Waals surface area contributed by atoms with E-state index in [1.807, 2.05) is 0 Å². The average Bonchev–Trinajstić information content (AvgIpc) is 3.04. The first-order valence-corrected chi connectivity index (χ1v) is 8.00. The summed E-state index contributed by atoms with van der Waals surface area (Å²) in [4.78, 5) is 28.4. The zero-order valence-electron chi connectivity index (χ0n) is 13.1. The molecular weight excluding hydrogens is 268 g/mol. The molecule has 0 saturated carbocycles. The topological polar surface area (TPSA) is 92.7 Å². The Balaban J connectivity index is 2.05. The Hall–Kier alpha value is -0.980. The van der Waals surface area contributed by atoms with Gasteiger partial charge in [-0.15, -0.1) is 0 Å². The van der Waals surface area contributed by atoms with Crippen LogP contribution in [0.4, 0.5) is 0 Å². The van der Waals surface area contributed by atoms with Gasteiger partial charge in [0.2, 0.25) is 5.91 Å². The number of amides is 1. The minimum atomic E-state index is -0.338. The van der Waals surface area contributed by atoms with Gasteiger partial charge in [-0.2, -0.15) is 0 Å². The summed E-state index contributed by atoms with van der Waals surface area (Å²) in [6, 6.07) is -0.456. The largest absolute Gasteiger partial charge is 0.330 e. The van der Waals surface area contributed by atoms with Crippen LogP contribution in [0, 0.1) is 0 Å². The summed E-state index contributed by atoms with van der Waals surface area (Å²) in [6.45, 7) is 5.75. The molecule has 2 aliphatic heterocycles. The average molecular weight is 296 g/mol. The predicted molar refractivity (Wildman–Crippen MR) is 81.6 cm³/mol. The van der Waals surface area contributed by atoms with E-state index in [0.29, 0.717) is 13.0 Å². The van der Waals surface area contributed by atoms with Crippen LogP contribution in [0.3, 0.4) is 0 Å². The van der Waals surface area contributed by atoms with Crippen molar-refractivity contribution in [2.24, 2.45) is 11.5 Å². The van der Waals surface area contributed by atoms with Gasteiger partial charge in [-0.05, 0) is 39.2 Å². The van der Waals surface area contributed by atoms with Crippen molar-refractivity contribution in [3.63, 3.8) is 0 Å². The summed E-state index contributed by atoms with van der Waals surface area (Å²) in [5.74, 6) is 0.0926. The third-order valence-corrected chi connectivity index (χ3v) is 4.73. The van der Waals surface area contributed by atoms with Gasteiger partial charge in [0.15, 0.2) is 5.78 Å². The molecule has 2 heterocycles. The molecular formula is C15H28N4O2. The Labute approximate surface area is 126 Å². The highest BCUT2D eigenvalue weighted by Crippen LogP contribution is 2.25. The number of ketones is 1. The number of likely N-dealkylation sites (tertiary alicyclic amines) is 2. The highest BCUT2D eigenvalue weighted by atomic mass is 16.2. The van der Waals surface area contributed by atoms with E-state index in [4.69, 9.17) is 11.5 Å². The van der Waals surface area contributed by atoms with Crippen molar-refractivity contribution < 1.29 is 9.59 Å². The number of carbonyl (C=O) groups excluding carboxylic acids is 2. The van der Waals surface area contributed by atoms with Gasteiger partial charge in [-0.25, -0.2) is 0 Å². The Morgan fingerprint density at radius 1 is 1.33 bits per heavy atom. The number of hydrogen-bond acceptors (Lipinski definition) is 5. The summed E-state index contributed by atoms with van der Waals surface area (Å²) >= 11 is 0. The van der Waals surface area contributed by atoms with Gasteiger partial charge in [0.05, 0.1) is 12.1 Å². The molecule has 2 saturated heterocycles. The van der Waals surface area contributed by atoms with E-state index in [9.17, 15) is 9.59 Å². The second-order valence-corrected chi connectivity index (χ2v) is 6.43. The second kappa shape index (κ2) is 6.85. The van der Waals surface area contributed by atoms with Crippen molar-refractivity contribution in [3.05, 3.63) is 0 Å². The molecule has 2 fully saturated rings. The van der Waals surface area contributed by atoms with Crippen LogP contribution >= 0.6 is 0 Å². The van der Waals surface area contributed by atoms with Gasteiger partial charge in [0.1, 0.15) is 0 Å². The van der Waals surface area contributed by atoms with Crippen LogP contribution in [0.5, 0.6) is 0 Å². The fourth-order valence-corrected chi connectivity index (χ4v) is 3.44. The molecule has 6 heteroatoms. The lowest BCUT2D eigenvalue weighted by Crippen LogP contribution is -2.51. The first-order chi connectivity index (χ1) is 9.93. The lowest BCUT2D eigenvalue weighted by atomic mass is 10.1. The van der Waals surface area contributed by atoms with E-state index >= 15 is 0 Å². The van der Waals surface area contributed by atoms with Gasteiger partial charge in [0.25, 0.3) is 0 Å². The highest BCUT2D eigenvalue weighted by molar-refractivity contribution is 5.90. The Morgan fingerprint density at radius 3 is 2.67 bits per heavy atom. The molecule has 1 amide bonds. The van der Waals surface area contributed by atoms with E-state index in [0.717, 1.165) is 32.4 Å². The molecule has 0 unspecified atom stereocenters. The van der Waals surface area contributed by atoms with Gasteiger partial charge >= 0.3 is 0 Å². The van der Waals surface area contributed by atoms with Gasteiger partial charge in [-0.1, -0.05) is 6.92 Å². The molecule has 6 nitrogen and oxygen atoms in total. The van der Waals surface area contributed by atoms with Crippen LogP contribution in [0.25, 0.3) is 0 Å². The molecule has 0 aromatic rings. The molecule has 21 heavy (non-hydrogen) atoms. The molecule has 0 aromatic carbocycles. The molecule has 120 valence electrons. The highest BCUT2D eigenvalue weighted by Gasteiger charge is 2.41. The first kappa shape index (κ1) is 16.4. The summed E-state index contributed by atoms with van der Waals surface area (Å²) in [6.07, 6.45) is 3.35. The maximum atomic E-state index is 12.8. The van der Waals surface area contributed by atoms with Crippen molar-refractivity contribution in [1.29, 1.82) is 0 Å². The summed E-state index contributed by atoms with van der Waals surface area (Å²) in [5, 5.41) is 0. The van der Waals surface area contributed by atoms with Crippen LogP contribution in [-0.2, 0) is 9.59 Å². The molecule has 2 rings (SSSR count). The lowest BCUT2D eigenvalue weighted by Gasteiger charge is -2.31. The van der Waals surface area contributed by atoms with Crippen molar-refractivity contribution >= 4 is 11.7 Å². The van der Waals surface area contributed by atoms with E-state index in [-0.39, 0.29) is 35.9 Å². The smallest absolute Gasteiger partial charge is 0.240 e. The van der Waals surface area contributed by atoms with Crippen LogP contribution in [0.15, 0.2) is 0 Å². The number of nitrogens with two attached hydrogens (primary N) is 2. The van der Waals surface area contributed by atoms with Crippen molar-refractivity contribution in [2.45, 2.75) is 63.7 Å². The van der Waals surface area contributed by atoms with E-state index in [1.54, 1.807) is 11.8 Å². The third kappa shape index (κ3) is 3.62. The van der Waals surface area contributed by atoms with Gasteiger partial charge in [0, 0.05) is 25.2 Å². The first-order valence-electron chi connectivity index (χ1n) is 8.00. The monoisotopic (exact) mass is 296 g/mol. The number of Topliss-reactive ketones (excluding diaryl/α,β-unsaturated/α-hetero) is 1. The lowest BCUT2D eigenvalue weighted by molar-refractivity contribution is -0.140. The fourth-order valence-electron chi connectivity index (χ4n) is 3.44. The molecule has 4 N–H and O–H groups in total. The number of carbonyl (C=O) groups is 2. The van der Waals surface area contributed by atoms with Crippen LogP contribution in [-0.4, -0.2) is 65.3 Å². The molecule has 0 aliphatic carbocycles. The van der Waals surface area contributed by atoms with Gasteiger partial charge < -0.3 is 16.4 Å². The minimum Gasteiger partial charge on any atom is -0.330 e. The molecule has 2 aliphatic rings. The van der Waals surface area contributed by atoms with E-state index < -0.39 is 0 Å².